The monoisotopic (exact) mass is 408 g/mol. The number of rotatable bonds is 5. The normalized spacial score (nSPS) is 24.3. The number of nitrogens with one attached hydrogen (secondary N) is 1. The number of aliphatic carboxylic acids is 1. The third-order valence-electron chi connectivity index (χ3n) is 5.74. The van der Waals surface area contributed by atoms with Crippen molar-refractivity contribution in [3.8, 4) is 0 Å². The second kappa shape index (κ2) is 9.05. The van der Waals surface area contributed by atoms with Crippen LogP contribution < -0.4 is 5.32 Å². The molecular formula is C20H28N2O5S. The molecular weight excluding hydrogens is 380 g/mol. The molecule has 1 aromatic rings. The van der Waals surface area contributed by atoms with Crippen LogP contribution in [0.25, 0.3) is 0 Å². The van der Waals surface area contributed by atoms with Gasteiger partial charge in [-0.3, -0.25) is 9.59 Å². The van der Waals surface area contributed by atoms with Crippen LogP contribution in [0.2, 0.25) is 0 Å². The first-order chi connectivity index (χ1) is 13.4. The summed E-state index contributed by atoms with van der Waals surface area (Å²) in [4.78, 5) is 24.2. The SMILES string of the molecule is O=C(Nc1ccc(S(=O)(=O)N2CCCCCC2)cc1)C1CCCC[C@@H]1C(=O)O. The first-order valence-electron chi connectivity index (χ1n) is 10.0. The molecule has 0 radical (unpaired) electrons. The predicted octanol–water partition coefficient (Wildman–Crippen LogP) is 3.08. The highest BCUT2D eigenvalue weighted by atomic mass is 32.2. The number of sulfonamides is 1. The zero-order valence-electron chi connectivity index (χ0n) is 16.0. The molecule has 0 aromatic heterocycles. The summed E-state index contributed by atoms with van der Waals surface area (Å²) in [5.41, 5.74) is 0.481. The lowest BCUT2D eigenvalue weighted by Crippen LogP contribution is -2.36. The van der Waals surface area contributed by atoms with Crippen molar-refractivity contribution in [1.82, 2.24) is 4.31 Å². The number of hydrogen-bond acceptors (Lipinski definition) is 4. The van der Waals surface area contributed by atoms with Gasteiger partial charge in [-0.05, 0) is 49.9 Å². The Morgan fingerprint density at radius 1 is 0.893 bits per heavy atom. The lowest BCUT2D eigenvalue weighted by molar-refractivity contribution is -0.147. The van der Waals surface area contributed by atoms with E-state index in [9.17, 15) is 23.1 Å². The standard InChI is InChI=1S/C20H28N2O5S/c23-19(17-7-3-4-8-18(17)20(24)25)21-15-9-11-16(12-10-15)28(26,27)22-13-5-1-2-6-14-22/h9-12,17-18H,1-8,13-14H2,(H,21,23)(H,24,25)/t17?,18-/m0/s1. The van der Waals surface area contributed by atoms with Crippen LogP contribution >= 0.6 is 0 Å². The van der Waals surface area contributed by atoms with Crippen molar-refractivity contribution in [2.45, 2.75) is 56.3 Å². The van der Waals surface area contributed by atoms with E-state index >= 15 is 0 Å². The molecule has 1 unspecified atom stereocenters. The minimum Gasteiger partial charge on any atom is -0.481 e. The van der Waals surface area contributed by atoms with Crippen molar-refractivity contribution in [3.63, 3.8) is 0 Å². The molecule has 0 spiro atoms. The van der Waals surface area contributed by atoms with Crippen molar-refractivity contribution in [3.05, 3.63) is 24.3 Å². The minimum absolute atomic E-state index is 0.216. The predicted molar refractivity (Wildman–Crippen MR) is 105 cm³/mol. The third kappa shape index (κ3) is 4.72. The van der Waals surface area contributed by atoms with Gasteiger partial charge < -0.3 is 10.4 Å². The zero-order chi connectivity index (χ0) is 20.1. The van der Waals surface area contributed by atoms with Gasteiger partial charge in [0.1, 0.15) is 0 Å². The number of anilines is 1. The highest BCUT2D eigenvalue weighted by Crippen LogP contribution is 2.31. The maximum absolute atomic E-state index is 12.8. The molecule has 2 atom stereocenters. The van der Waals surface area contributed by atoms with Gasteiger partial charge in [-0.15, -0.1) is 0 Å². The zero-order valence-corrected chi connectivity index (χ0v) is 16.8. The van der Waals surface area contributed by atoms with Gasteiger partial charge in [0.2, 0.25) is 15.9 Å². The molecule has 1 aliphatic heterocycles. The molecule has 1 heterocycles. The Kier molecular flexibility index (Phi) is 6.72. The summed E-state index contributed by atoms with van der Waals surface area (Å²) in [6, 6.07) is 6.15. The van der Waals surface area contributed by atoms with Crippen molar-refractivity contribution < 1.29 is 23.1 Å². The Labute approximate surface area is 166 Å². The van der Waals surface area contributed by atoms with E-state index in [-0.39, 0.29) is 10.8 Å². The molecule has 7 nitrogen and oxygen atoms in total. The summed E-state index contributed by atoms with van der Waals surface area (Å²) in [5.74, 6) is -2.45. The van der Waals surface area contributed by atoms with E-state index in [1.807, 2.05) is 0 Å². The van der Waals surface area contributed by atoms with Gasteiger partial charge in [-0.2, -0.15) is 4.31 Å². The first kappa shape index (κ1) is 20.8. The number of carbonyl (C=O) groups excluding carboxylic acids is 1. The van der Waals surface area contributed by atoms with Crippen LogP contribution in [0.3, 0.4) is 0 Å². The molecule has 1 saturated carbocycles. The third-order valence-corrected chi connectivity index (χ3v) is 7.66. The van der Waals surface area contributed by atoms with Crippen molar-refractivity contribution in [1.29, 1.82) is 0 Å². The van der Waals surface area contributed by atoms with E-state index in [1.54, 1.807) is 12.1 Å². The summed E-state index contributed by atoms with van der Waals surface area (Å²) in [7, 11) is -3.53. The molecule has 2 aliphatic rings. The van der Waals surface area contributed by atoms with Gasteiger partial charge in [0.25, 0.3) is 0 Å². The molecule has 1 amide bonds. The Morgan fingerprint density at radius 3 is 2.04 bits per heavy atom. The molecule has 154 valence electrons. The van der Waals surface area contributed by atoms with Gasteiger partial charge in [0.15, 0.2) is 0 Å². The number of amides is 1. The summed E-state index contributed by atoms with van der Waals surface area (Å²) in [5, 5.41) is 12.1. The van der Waals surface area contributed by atoms with Crippen LogP contribution in [-0.4, -0.2) is 42.8 Å². The van der Waals surface area contributed by atoms with Gasteiger partial charge in [0.05, 0.1) is 16.7 Å². The highest BCUT2D eigenvalue weighted by molar-refractivity contribution is 7.89. The van der Waals surface area contributed by atoms with Crippen LogP contribution in [-0.2, 0) is 19.6 Å². The molecule has 2 N–H and O–H groups in total. The largest absolute Gasteiger partial charge is 0.481 e. The van der Waals surface area contributed by atoms with E-state index in [0.717, 1.165) is 38.5 Å². The maximum Gasteiger partial charge on any atom is 0.307 e. The topological polar surface area (TPSA) is 104 Å². The van der Waals surface area contributed by atoms with Gasteiger partial charge in [0, 0.05) is 18.8 Å². The fourth-order valence-corrected chi connectivity index (χ4v) is 5.63. The second-order valence-corrected chi connectivity index (χ2v) is 9.61. The Hall–Kier alpha value is -1.93. The van der Waals surface area contributed by atoms with Crippen LogP contribution in [0.1, 0.15) is 51.4 Å². The molecule has 1 aromatic carbocycles. The molecule has 28 heavy (non-hydrogen) atoms. The van der Waals surface area contributed by atoms with Crippen molar-refractivity contribution in [2.24, 2.45) is 11.8 Å². The number of carbonyl (C=O) groups is 2. The summed E-state index contributed by atoms with van der Waals surface area (Å²) >= 11 is 0. The molecule has 1 aliphatic carbocycles. The number of nitrogens with zero attached hydrogens (tertiary/aromatic N) is 1. The molecule has 3 rings (SSSR count). The van der Waals surface area contributed by atoms with Crippen LogP contribution in [0.5, 0.6) is 0 Å². The molecule has 1 saturated heterocycles. The van der Waals surface area contributed by atoms with Crippen molar-refractivity contribution in [2.75, 3.05) is 18.4 Å². The maximum atomic E-state index is 12.8. The van der Waals surface area contributed by atoms with Gasteiger partial charge in [-0.1, -0.05) is 25.7 Å². The van der Waals surface area contributed by atoms with E-state index in [1.165, 1.54) is 16.4 Å². The number of hydrogen-bond donors (Lipinski definition) is 2. The number of carboxylic acid groups (broad SMARTS) is 1. The summed E-state index contributed by atoms with van der Waals surface area (Å²) < 4.78 is 27.2. The fourth-order valence-electron chi connectivity index (χ4n) is 4.12. The summed E-state index contributed by atoms with van der Waals surface area (Å²) in [6.45, 7) is 1.08. The Morgan fingerprint density at radius 2 is 1.46 bits per heavy atom. The summed E-state index contributed by atoms with van der Waals surface area (Å²) in [6.07, 6.45) is 6.59. The number of carboxylic acids is 1. The van der Waals surface area contributed by atoms with E-state index in [4.69, 9.17) is 0 Å². The lowest BCUT2D eigenvalue weighted by atomic mass is 9.78. The van der Waals surface area contributed by atoms with Crippen LogP contribution in [0, 0.1) is 11.8 Å². The van der Waals surface area contributed by atoms with Gasteiger partial charge >= 0.3 is 5.97 Å². The average Bonchev–Trinajstić information content (AvgIpc) is 2.98. The van der Waals surface area contributed by atoms with Crippen LogP contribution in [0.15, 0.2) is 29.2 Å². The first-order valence-corrected chi connectivity index (χ1v) is 11.5. The van der Waals surface area contributed by atoms with Gasteiger partial charge in [-0.25, -0.2) is 8.42 Å². The number of benzene rings is 1. The fraction of sp³-hybridized carbons (Fsp3) is 0.600. The highest BCUT2D eigenvalue weighted by Gasteiger charge is 2.35. The van der Waals surface area contributed by atoms with Crippen LogP contribution in [0.4, 0.5) is 5.69 Å². The molecule has 0 bridgehead atoms. The smallest absolute Gasteiger partial charge is 0.307 e. The molecule has 8 heteroatoms. The second-order valence-electron chi connectivity index (χ2n) is 7.67. The quantitative estimate of drug-likeness (QED) is 0.779. The van der Waals surface area contributed by atoms with Crippen molar-refractivity contribution >= 4 is 27.6 Å². The minimum atomic E-state index is -3.53. The molecule has 2 fully saturated rings. The van der Waals surface area contributed by atoms with E-state index < -0.39 is 27.8 Å². The Balaban J connectivity index is 1.68. The van der Waals surface area contributed by atoms with E-state index in [0.29, 0.717) is 31.6 Å². The van der Waals surface area contributed by atoms with E-state index in [2.05, 4.69) is 5.32 Å². The lowest BCUT2D eigenvalue weighted by Gasteiger charge is -2.27. The Bertz CT molecular complexity index is 798. The average molecular weight is 409 g/mol.